The van der Waals surface area contributed by atoms with Crippen molar-refractivity contribution >= 4 is 39.2 Å². The molecule has 1 N–H and O–H groups in total. The van der Waals surface area contributed by atoms with E-state index in [0.717, 1.165) is 22.2 Å². The molecule has 0 bridgehead atoms. The minimum Gasteiger partial charge on any atom is -0.493 e. The zero-order valence-electron chi connectivity index (χ0n) is 16.6. The number of para-hydroxylation sites is 1. The van der Waals surface area contributed by atoms with Crippen LogP contribution >= 0.6 is 11.3 Å². The van der Waals surface area contributed by atoms with Crippen molar-refractivity contribution in [3.8, 4) is 22.8 Å². The first-order chi connectivity index (χ1) is 14.7. The van der Waals surface area contributed by atoms with Gasteiger partial charge in [0, 0.05) is 22.6 Å². The summed E-state index contributed by atoms with van der Waals surface area (Å²) in [5, 5.41) is 7.64. The van der Waals surface area contributed by atoms with Gasteiger partial charge < -0.3 is 9.47 Å². The molecular formula is C24H20N2O3S. The van der Waals surface area contributed by atoms with Crippen LogP contribution in [0.1, 0.15) is 5.56 Å². The summed E-state index contributed by atoms with van der Waals surface area (Å²) in [6, 6.07) is 19.9. The molecule has 0 saturated heterocycles. The third-order valence-corrected chi connectivity index (χ3v) is 5.38. The van der Waals surface area contributed by atoms with Crippen LogP contribution in [-0.2, 0) is 4.79 Å². The average Bonchev–Trinajstić information content (AvgIpc) is 3.25. The predicted molar refractivity (Wildman–Crippen MR) is 122 cm³/mol. The number of thiazole rings is 1. The highest BCUT2D eigenvalue weighted by Crippen LogP contribution is 2.31. The van der Waals surface area contributed by atoms with Crippen LogP contribution in [0.15, 0.2) is 72.1 Å². The molecule has 0 atom stereocenters. The normalized spacial score (nSPS) is 11.0. The molecule has 0 spiro atoms. The van der Waals surface area contributed by atoms with Crippen molar-refractivity contribution in [2.24, 2.45) is 0 Å². The lowest BCUT2D eigenvalue weighted by molar-refractivity contribution is -0.111. The number of hydrogen-bond acceptors (Lipinski definition) is 5. The van der Waals surface area contributed by atoms with E-state index in [0.29, 0.717) is 16.6 Å². The molecule has 0 fully saturated rings. The number of hydrogen-bond donors (Lipinski definition) is 1. The number of nitrogens with zero attached hydrogens (tertiary/aromatic N) is 1. The van der Waals surface area contributed by atoms with Gasteiger partial charge in [-0.15, -0.1) is 11.3 Å². The van der Waals surface area contributed by atoms with Gasteiger partial charge in [0.1, 0.15) is 0 Å². The van der Waals surface area contributed by atoms with Crippen LogP contribution in [0.4, 0.5) is 5.13 Å². The zero-order chi connectivity index (χ0) is 20.9. The van der Waals surface area contributed by atoms with E-state index in [4.69, 9.17) is 9.47 Å². The number of carbonyl (C=O) groups excluding carboxylic acids is 1. The maximum absolute atomic E-state index is 12.4. The van der Waals surface area contributed by atoms with Gasteiger partial charge in [-0.3, -0.25) is 10.1 Å². The minimum atomic E-state index is -0.265. The molecule has 0 aliphatic carbocycles. The highest BCUT2D eigenvalue weighted by molar-refractivity contribution is 7.14. The summed E-state index contributed by atoms with van der Waals surface area (Å²) in [5.41, 5.74) is 2.60. The third-order valence-electron chi connectivity index (χ3n) is 4.63. The molecule has 6 heteroatoms. The Bertz CT molecular complexity index is 1230. The van der Waals surface area contributed by atoms with Crippen LogP contribution in [0.2, 0.25) is 0 Å². The molecule has 1 aromatic heterocycles. The molecule has 0 unspecified atom stereocenters. The Morgan fingerprint density at radius 1 is 1.00 bits per heavy atom. The summed E-state index contributed by atoms with van der Waals surface area (Å²) < 4.78 is 10.7. The fourth-order valence-electron chi connectivity index (χ4n) is 3.17. The lowest BCUT2D eigenvalue weighted by Gasteiger charge is -2.09. The smallest absolute Gasteiger partial charge is 0.250 e. The van der Waals surface area contributed by atoms with Crippen molar-refractivity contribution in [3.63, 3.8) is 0 Å². The van der Waals surface area contributed by atoms with Crippen molar-refractivity contribution in [2.75, 3.05) is 19.5 Å². The molecule has 1 heterocycles. The highest BCUT2D eigenvalue weighted by atomic mass is 32.1. The minimum absolute atomic E-state index is 0.265. The van der Waals surface area contributed by atoms with Gasteiger partial charge in [0.25, 0.3) is 0 Å². The summed E-state index contributed by atoms with van der Waals surface area (Å²) in [6.07, 6.45) is 3.14. The first kappa shape index (κ1) is 19.7. The van der Waals surface area contributed by atoms with E-state index < -0.39 is 0 Å². The zero-order valence-corrected chi connectivity index (χ0v) is 17.4. The molecule has 0 saturated carbocycles. The molecule has 3 aromatic carbocycles. The number of rotatable bonds is 6. The van der Waals surface area contributed by atoms with Crippen LogP contribution < -0.4 is 14.8 Å². The summed E-state index contributed by atoms with van der Waals surface area (Å²) in [5.74, 6) is 0.927. The maximum atomic E-state index is 12.4. The van der Waals surface area contributed by atoms with E-state index in [1.165, 1.54) is 22.8 Å². The second-order valence-corrected chi connectivity index (χ2v) is 7.36. The first-order valence-corrected chi connectivity index (χ1v) is 10.2. The predicted octanol–water partition coefficient (Wildman–Crippen LogP) is 5.63. The van der Waals surface area contributed by atoms with Crippen LogP contribution in [0, 0.1) is 0 Å². The van der Waals surface area contributed by atoms with E-state index in [2.05, 4.69) is 34.6 Å². The standard InChI is InChI=1S/C24H20N2O3S/c1-28-21-9-5-8-17(23(21)29-2)12-13-22(27)26-24-25-20(15-30-24)19-11-10-16-6-3-4-7-18(16)14-19/h3-15H,1-2H3,(H,25,26,27)/b13-12+. The quantitative estimate of drug-likeness (QED) is 0.414. The third kappa shape index (κ3) is 4.18. The summed E-state index contributed by atoms with van der Waals surface area (Å²) >= 11 is 1.39. The molecule has 1 amide bonds. The molecule has 0 aliphatic heterocycles. The van der Waals surface area contributed by atoms with E-state index in [1.54, 1.807) is 26.4 Å². The van der Waals surface area contributed by atoms with Crippen LogP contribution in [0.25, 0.3) is 28.1 Å². The lowest BCUT2D eigenvalue weighted by Crippen LogP contribution is -2.07. The van der Waals surface area contributed by atoms with E-state index in [9.17, 15) is 4.79 Å². The molecule has 4 aromatic rings. The van der Waals surface area contributed by atoms with Crippen molar-refractivity contribution in [1.82, 2.24) is 4.98 Å². The number of carbonyl (C=O) groups is 1. The van der Waals surface area contributed by atoms with Crippen LogP contribution in [0.3, 0.4) is 0 Å². The highest BCUT2D eigenvalue weighted by Gasteiger charge is 2.09. The summed E-state index contributed by atoms with van der Waals surface area (Å²) in [4.78, 5) is 16.9. The molecule has 4 rings (SSSR count). The second-order valence-electron chi connectivity index (χ2n) is 6.51. The van der Waals surface area contributed by atoms with Gasteiger partial charge in [-0.25, -0.2) is 4.98 Å². The topological polar surface area (TPSA) is 60.5 Å². The average molecular weight is 417 g/mol. The van der Waals surface area contributed by atoms with Gasteiger partial charge in [0.2, 0.25) is 5.91 Å². The van der Waals surface area contributed by atoms with Crippen molar-refractivity contribution in [1.29, 1.82) is 0 Å². The second kappa shape index (κ2) is 8.80. The number of amides is 1. The van der Waals surface area contributed by atoms with Crippen molar-refractivity contribution in [2.45, 2.75) is 0 Å². The SMILES string of the molecule is COc1cccc(/C=C/C(=O)Nc2nc(-c3ccc4ccccc4c3)cs2)c1OC. The van der Waals surface area contributed by atoms with Gasteiger partial charge >= 0.3 is 0 Å². The fourth-order valence-corrected chi connectivity index (χ4v) is 3.89. The van der Waals surface area contributed by atoms with E-state index in [1.807, 2.05) is 35.7 Å². The number of ether oxygens (including phenoxy) is 2. The molecule has 0 aliphatic rings. The molecule has 0 radical (unpaired) electrons. The van der Waals surface area contributed by atoms with Gasteiger partial charge in [0.15, 0.2) is 16.6 Å². The Kier molecular flexibility index (Phi) is 5.77. The Labute approximate surface area is 178 Å². The van der Waals surface area contributed by atoms with Crippen LogP contribution in [-0.4, -0.2) is 25.1 Å². The Balaban J connectivity index is 1.48. The van der Waals surface area contributed by atoms with Gasteiger partial charge in [-0.2, -0.15) is 0 Å². The molecule has 30 heavy (non-hydrogen) atoms. The Morgan fingerprint density at radius 3 is 2.63 bits per heavy atom. The molecular weight excluding hydrogens is 396 g/mol. The Morgan fingerprint density at radius 2 is 1.83 bits per heavy atom. The maximum Gasteiger partial charge on any atom is 0.250 e. The number of nitrogens with one attached hydrogen (secondary N) is 1. The molecule has 150 valence electrons. The number of benzene rings is 3. The fraction of sp³-hybridized carbons (Fsp3) is 0.0833. The van der Waals surface area contributed by atoms with Crippen molar-refractivity contribution in [3.05, 3.63) is 77.7 Å². The molecule has 5 nitrogen and oxygen atoms in total. The van der Waals surface area contributed by atoms with E-state index in [-0.39, 0.29) is 5.91 Å². The number of aromatic nitrogens is 1. The number of methoxy groups -OCH3 is 2. The van der Waals surface area contributed by atoms with Crippen molar-refractivity contribution < 1.29 is 14.3 Å². The lowest BCUT2D eigenvalue weighted by atomic mass is 10.1. The largest absolute Gasteiger partial charge is 0.493 e. The van der Waals surface area contributed by atoms with E-state index >= 15 is 0 Å². The monoisotopic (exact) mass is 416 g/mol. The summed E-state index contributed by atoms with van der Waals surface area (Å²) in [6.45, 7) is 0. The summed E-state index contributed by atoms with van der Waals surface area (Å²) in [7, 11) is 3.15. The van der Waals surface area contributed by atoms with Gasteiger partial charge in [0.05, 0.1) is 19.9 Å². The first-order valence-electron chi connectivity index (χ1n) is 9.32. The number of anilines is 1. The Hall–Kier alpha value is -3.64. The van der Waals surface area contributed by atoms with Gasteiger partial charge in [-0.1, -0.05) is 48.5 Å². The number of fused-ring (bicyclic) bond motifs is 1. The van der Waals surface area contributed by atoms with Crippen LogP contribution in [0.5, 0.6) is 11.5 Å². The van der Waals surface area contributed by atoms with Gasteiger partial charge in [-0.05, 0) is 29.0 Å².